The van der Waals surface area contributed by atoms with Crippen molar-refractivity contribution in [2.45, 2.75) is 39.2 Å². The van der Waals surface area contributed by atoms with E-state index in [0.717, 1.165) is 31.5 Å². The molecule has 0 radical (unpaired) electrons. The second-order valence-corrected chi connectivity index (χ2v) is 3.40. The van der Waals surface area contributed by atoms with Crippen molar-refractivity contribution < 1.29 is 9.90 Å². The molecule has 0 spiro atoms. The van der Waals surface area contributed by atoms with E-state index in [0.29, 0.717) is 0 Å². The quantitative estimate of drug-likeness (QED) is 0.706. The average Bonchev–Trinajstić information content (AvgIpc) is 2.51. The van der Waals surface area contributed by atoms with Crippen molar-refractivity contribution in [1.29, 1.82) is 0 Å². The van der Waals surface area contributed by atoms with Crippen LogP contribution in [-0.4, -0.2) is 20.9 Å². The molecule has 0 saturated carbocycles. The van der Waals surface area contributed by atoms with Gasteiger partial charge in [-0.1, -0.05) is 6.42 Å². The highest BCUT2D eigenvalue weighted by Crippen LogP contribution is 2.03. The van der Waals surface area contributed by atoms with Crippen LogP contribution >= 0.6 is 0 Å². The normalized spacial score (nSPS) is 10.4. The van der Waals surface area contributed by atoms with Gasteiger partial charge in [-0.3, -0.25) is 9.48 Å². The van der Waals surface area contributed by atoms with Gasteiger partial charge >= 0.3 is 5.97 Å². The number of aromatic nitrogens is 2. The molecule has 4 heteroatoms. The molecule has 4 nitrogen and oxygen atoms in total. The van der Waals surface area contributed by atoms with Crippen LogP contribution in [-0.2, 0) is 11.3 Å². The largest absolute Gasteiger partial charge is 0.481 e. The molecule has 0 aliphatic carbocycles. The Morgan fingerprint density at radius 2 is 2.29 bits per heavy atom. The lowest BCUT2D eigenvalue weighted by molar-refractivity contribution is -0.137. The molecule has 1 aromatic heterocycles. The molecule has 0 amide bonds. The Bertz CT molecular complexity index is 294. The van der Waals surface area contributed by atoms with Crippen molar-refractivity contribution in [2.75, 3.05) is 0 Å². The van der Waals surface area contributed by atoms with Crippen LogP contribution in [0.25, 0.3) is 0 Å². The highest BCUT2D eigenvalue weighted by Gasteiger charge is 1.98. The Morgan fingerprint density at radius 1 is 1.50 bits per heavy atom. The maximum Gasteiger partial charge on any atom is 0.303 e. The number of nitrogens with zero attached hydrogens (tertiary/aromatic N) is 2. The van der Waals surface area contributed by atoms with Crippen LogP contribution in [0.1, 0.15) is 31.4 Å². The first-order valence-electron chi connectivity index (χ1n) is 4.90. The van der Waals surface area contributed by atoms with Crippen LogP contribution in [0.3, 0.4) is 0 Å². The Morgan fingerprint density at radius 3 is 2.86 bits per heavy atom. The summed E-state index contributed by atoms with van der Waals surface area (Å²) in [6.45, 7) is 2.91. The molecule has 1 N–H and O–H groups in total. The number of carboxylic acid groups (broad SMARTS) is 1. The van der Waals surface area contributed by atoms with Gasteiger partial charge in [0.15, 0.2) is 0 Å². The minimum atomic E-state index is -0.708. The third-order valence-corrected chi connectivity index (χ3v) is 2.19. The molecule has 0 unspecified atom stereocenters. The predicted octanol–water partition coefficient (Wildman–Crippen LogP) is 1.84. The number of unbranched alkanes of at least 4 members (excludes halogenated alkanes) is 2. The first-order chi connectivity index (χ1) is 6.70. The third kappa shape index (κ3) is 3.60. The van der Waals surface area contributed by atoms with Crippen molar-refractivity contribution >= 4 is 5.97 Å². The Labute approximate surface area is 83.5 Å². The van der Waals surface area contributed by atoms with E-state index in [2.05, 4.69) is 5.10 Å². The summed E-state index contributed by atoms with van der Waals surface area (Å²) < 4.78 is 1.95. The van der Waals surface area contributed by atoms with Gasteiger partial charge in [-0.05, 0) is 25.8 Å². The fourth-order valence-corrected chi connectivity index (χ4v) is 1.35. The summed E-state index contributed by atoms with van der Waals surface area (Å²) in [6.07, 6.45) is 4.77. The highest BCUT2D eigenvalue weighted by atomic mass is 16.4. The highest BCUT2D eigenvalue weighted by molar-refractivity contribution is 5.66. The van der Waals surface area contributed by atoms with Gasteiger partial charge in [0.1, 0.15) is 0 Å². The average molecular weight is 196 g/mol. The molecule has 0 bridgehead atoms. The lowest BCUT2D eigenvalue weighted by atomic mass is 10.2. The zero-order valence-electron chi connectivity index (χ0n) is 8.44. The minimum absolute atomic E-state index is 0.276. The van der Waals surface area contributed by atoms with Crippen molar-refractivity contribution in [1.82, 2.24) is 9.78 Å². The zero-order valence-corrected chi connectivity index (χ0v) is 8.44. The van der Waals surface area contributed by atoms with Crippen LogP contribution < -0.4 is 0 Å². The third-order valence-electron chi connectivity index (χ3n) is 2.19. The van der Waals surface area contributed by atoms with Gasteiger partial charge in [0, 0.05) is 24.9 Å². The molecule has 0 aliphatic rings. The summed E-state index contributed by atoms with van der Waals surface area (Å²) in [4.78, 5) is 10.2. The number of carbonyl (C=O) groups is 1. The van der Waals surface area contributed by atoms with Crippen LogP contribution in [0.4, 0.5) is 0 Å². The van der Waals surface area contributed by atoms with Crippen molar-refractivity contribution in [3.05, 3.63) is 18.0 Å². The van der Waals surface area contributed by atoms with E-state index < -0.39 is 5.97 Å². The Kier molecular flexibility index (Phi) is 4.16. The molecule has 0 fully saturated rings. The topological polar surface area (TPSA) is 55.1 Å². The fourth-order valence-electron chi connectivity index (χ4n) is 1.35. The second-order valence-electron chi connectivity index (χ2n) is 3.40. The van der Waals surface area contributed by atoms with Gasteiger partial charge in [0.2, 0.25) is 0 Å². The van der Waals surface area contributed by atoms with Crippen LogP contribution in [0, 0.1) is 6.92 Å². The van der Waals surface area contributed by atoms with Crippen LogP contribution in [0.5, 0.6) is 0 Å². The minimum Gasteiger partial charge on any atom is -0.481 e. The summed E-state index contributed by atoms with van der Waals surface area (Å²) in [5, 5.41) is 12.6. The standard InChI is InChI=1S/C10H16N2O2/c1-9-6-7-11-12(9)8-4-2-3-5-10(13)14/h6-7H,2-5,8H2,1H3,(H,13,14). The van der Waals surface area contributed by atoms with E-state index >= 15 is 0 Å². The van der Waals surface area contributed by atoms with E-state index in [1.807, 2.05) is 17.7 Å². The number of hydrogen-bond donors (Lipinski definition) is 1. The van der Waals surface area contributed by atoms with Gasteiger partial charge in [0.05, 0.1) is 0 Å². The van der Waals surface area contributed by atoms with Gasteiger partial charge in [0.25, 0.3) is 0 Å². The second kappa shape index (κ2) is 5.42. The molecule has 0 aliphatic heterocycles. The lowest BCUT2D eigenvalue weighted by Crippen LogP contribution is -2.02. The van der Waals surface area contributed by atoms with Gasteiger partial charge in [-0.15, -0.1) is 0 Å². The van der Waals surface area contributed by atoms with E-state index in [1.165, 1.54) is 0 Å². The van der Waals surface area contributed by atoms with Crippen molar-refractivity contribution in [2.24, 2.45) is 0 Å². The monoisotopic (exact) mass is 196 g/mol. The molecule has 0 atom stereocenters. The summed E-state index contributed by atoms with van der Waals surface area (Å²) in [7, 11) is 0. The first-order valence-corrected chi connectivity index (χ1v) is 4.90. The maximum atomic E-state index is 10.2. The molecule has 0 aromatic carbocycles. The SMILES string of the molecule is Cc1ccnn1CCCCCC(=O)O. The summed E-state index contributed by atoms with van der Waals surface area (Å²) in [6, 6.07) is 1.97. The van der Waals surface area contributed by atoms with Crippen molar-refractivity contribution in [3.8, 4) is 0 Å². The summed E-state index contributed by atoms with van der Waals surface area (Å²) >= 11 is 0. The maximum absolute atomic E-state index is 10.2. The number of carboxylic acids is 1. The number of hydrogen-bond acceptors (Lipinski definition) is 2. The zero-order chi connectivity index (χ0) is 10.4. The van der Waals surface area contributed by atoms with E-state index in [1.54, 1.807) is 6.20 Å². The Balaban J connectivity index is 2.10. The fraction of sp³-hybridized carbons (Fsp3) is 0.600. The summed E-state index contributed by atoms with van der Waals surface area (Å²) in [5.41, 5.74) is 1.16. The van der Waals surface area contributed by atoms with Crippen molar-refractivity contribution in [3.63, 3.8) is 0 Å². The van der Waals surface area contributed by atoms with Gasteiger partial charge in [-0.25, -0.2) is 0 Å². The van der Waals surface area contributed by atoms with Crippen LogP contribution in [0.15, 0.2) is 12.3 Å². The number of aryl methyl sites for hydroxylation is 2. The van der Waals surface area contributed by atoms with Gasteiger partial charge in [-0.2, -0.15) is 5.10 Å². The molecule has 0 saturated heterocycles. The molecule has 14 heavy (non-hydrogen) atoms. The Hall–Kier alpha value is -1.32. The first kappa shape index (κ1) is 10.8. The van der Waals surface area contributed by atoms with Crippen LogP contribution in [0.2, 0.25) is 0 Å². The van der Waals surface area contributed by atoms with E-state index in [9.17, 15) is 4.79 Å². The molecular weight excluding hydrogens is 180 g/mol. The summed E-state index contributed by atoms with van der Waals surface area (Å²) in [5.74, 6) is -0.708. The molecule has 1 heterocycles. The molecule has 1 rings (SSSR count). The molecule has 1 aromatic rings. The molecular formula is C10H16N2O2. The van der Waals surface area contributed by atoms with E-state index in [4.69, 9.17) is 5.11 Å². The van der Waals surface area contributed by atoms with E-state index in [-0.39, 0.29) is 6.42 Å². The lowest BCUT2D eigenvalue weighted by Gasteiger charge is -2.03. The van der Waals surface area contributed by atoms with Gasteiger partial charge < -0.3 is 5.11 Å². The smallest absolute Gasteiger partial charge is 0.303 e. The predicted molar refractivity (Wildman–Crippen MR) is 53.1 cm³/mol. The number of aliphatic carboxylic acids is 1. The molecule has 78 valence electrons. The number of rotatable bonds is 6.